The Morgan fingerprint density at radius 3 is 2.63 bits per heavy atom. The number of benzene rings is 1. The van der Waals surface area contributed by atoms with Gasteiger partial charge in [0, 0.05) is 0 Å². The third-order valence-corrected chi connectivity index (χ3v) is 4.21. The van der Waals surface area contributed by atoms with Gasteiger partial charge in [-0.25, -0.2) is 0 Å². The van der Waals surface area contributed by atoms with Gasteiger partial charge < -0.3 is 20.1 Å². The maximum Gasteiger partial charge on any atom is 0.325 e. The van der Waals surface area contributed by atoms with Gasteiger partial charge in [-0.15, -0.1) is 0 Å². The summed E-state index contributed by atoms with van der Waals surface area (Å²) in [5, 5.41) is 14.2. The molecule has 2 N–H and O–H groups in total. The molecule has 0 bridgehead atoms. The number of hydrogen-bond acceptors (Lipinski definition) is 6. The zero-order chi connectivity index (χ0) is 19.9. The molecule has 27 heavy (non-hydrogen) atoms. The van der Waals surface area contributed by atoms with Gasteiger partial charge in [0.2, 0.25) is 0 Å². The Hall–Kier alpha value is -3.08. The molecule has 144 valence electrons. The highest BCUT2D eigenvalue weighted by atomic mass is 16.5. The zero-order valence-corrected chi connectivity index (χ0v) is 15.4. The van der Waals surface area contributed by atoms with Gasteiger partial charge in [0.25, 0.3) is 11.8 Å². The molecule has 1 fully saturated rings. The Balaban J connectivity index is 1.77. The molecule has 0 aliphatic heterocycles. The van der Waals surface area contributed by atoms with Gasteiger partial charge in [0.15, 0.2) is 6.61 Å². The van der Waals surface area contributed by atoms with E-state index in [0.717, 1.165) is 12.8 Å². The lowest BCUT2D eigenvalue weighted by Gasteiger charge is -2.22. The fourth-order valence-corrected chi connectivity index (χ4v) is 2.59. The highest BCUT2D eigenvalue weighted by Crippen LogP contribution is 2.39. The molecule has 1 aliphatic rings. The standard InChI is InChI=1S/C19H23N3O5/c1-3-26-15-7-5-4-6-14(15)18(25)21-10-17(24)27-11-16(23)22-19(2,12-20)13-8-9-13/h4-7,13H,3,8-11H2,1-2H3,(H,21,25)(H,22,23)/t19-/m1/s1. The summed E-state index contributed by atoms with van der Waals surface area (Å²) in [6.07, 6.45) is 1.78. The van der Waals surface area contributed by atoms with Crippen molar-refractivity contribution < 1.29 is 23.9 Å². The molecule has 8 heteroatoms. The Bertz CT molecular complexity index is 754. The molecule has 1 aliphatic carbocycles. The fourth-order valence-electron chi connectivity index (χ4n) is 2.59. The molecular weight excluding hydrogens is 350 g/mol. The van der Waals surface area contributed by atoms with Crippen molar-refractivity contribution in [2.75, 3.05) is 19.8 Å². The van der Waals surface area contributed by atoms with Gasteiger partial charge in [-0.1, -0.05) is 12.1 Å². The van der Waals surface area contributed by atoms with Crippen molar-refractivity contribution >= 4 is 17.8 Å². The van der Waals surface area contributed by atoms with E-state index in [9.17, 15) is 19.6 Å². The van der Waals surface area contributed by atoms with Crippen molar-refractivity contribution in [3.8, 4) is 11.8 Å². The number of carbonyl (C=O) groups excluding carboxylic acids is 3. The number of nitrogens with one attached hydrogen (secondary N) is 2. The average molecular weight is 373 g/mol. The smallest absolute Gasteiger partial charge is 0.325 e. The summed E-state index contributed by atoms with van der Waals surface area (Å²) in [6.45, 7) is 2.97. The molecule has 2 rings (SSSR count). The summed E-state index contributed by atoms with van der Waals surface area (Å²) < 4.78 is 10.2. The van der Waals surface area contributed by atoms with E-state index in [2.05, 4.69) is 16.7 Å². The molecule has 0 heterocycles. The van der Waals surface area contributed by atoms with E-state index in [1.54, 1.807) is 38.1 Å². The van der Waals surface area contributed by atoms with Crippen LogP contribution in [0.4, 0.5) is 0 Å². The van der Waals surface area contributed by atoms with E-state index >= 15 is 0 Å². The van der Waals surface area contributed by atoms with E-state index < -0.39 is 29.9 Å². The average Bonchev–Trinajstić information content (AvgIpc) is 3.51. The number of ether oxygens (including phenoxy) is 2. The Labute approximate surface area is 157 Å². The summed E-state index contributed by atoms with van der Waals surface area (Å²) in [4.78, 5) is 35.8. The number of hydrogen-bond donors (Lipinski definition) is 2. The topological polar surface area (TPSA) is 118 Å². The van der Waals surface area contributed by atoms with Crippen LogP contribution in [-0.4, -0.2) is 43.1 Å². The number of nitriles is 1. The Morgan fingerprint density at radius 2 is 2.00 bits per heavy atom. The van der Waals surface area contributed by atoms with E-state index in [1.165, 1.54) is 0 Å². The Kier molecular flexibility index (Phi) is 6.77. The third kappa shape index (κ3) is 5.71. The minimum absolute atomic E-state index is 0.131. The van der Waals surface area contributed by atoms with Crippen molar-refractivity contribution in [3.63, 3.8) is 0 Å². The number of esters is 1. The van der Waals surface area contributed by atoms with Crippen LogP contribution in [0.3, 0.4) is 0 Å². The molecular formula is C19H23N3O5. The largest absolute Gasteiger partial charge is 0.493 e. The third-order valence-electron chi connectivity index (χ3n) is 4.21. The quantitative estimate of drug-likeness (QED) is 0.628. The van der Waals surface area contributed by atoms with Gasteiger partial charge in [-0.05, 0) is 44.7 Å². The second-order valence-electron chi connectivity index (χ2n) is 6.41. The van der Waals surface area contributed by atoms with Gasteiger partial charge in [0.1, 0.15) is 17.8 Å². The molecule has 0 saturated heterocycles. The first-order chi connectivity index (χ1) is 12.9. The van der Waals surface area contributed by atoms with Crippen LogP contribution in [0.15, 0.2) is 24.3 Å². The van der Waals surface area contributed by atoms with E-state index in [1.807, 2.05) is 0 Å². The lowest BCUT2D eigenvalue weighted by atomic mass is 9.98. The molecule has 0 unspecified atom stereocenters. The van der Waals surface area contributed by atoms with Crippen molar-refractivity contribution in [3.05, 3.63) is 29.8 Å². The van der Waals surface area contributed by atoms with Gasteiger partial charge >= 0.3 is 5.97 Å². The lowest BCUT2D eigenvalue weighted by Crippen LogP contribution is -2.48. The molecule has 1 aromatic carbocycles. The number of nitrogens with zero attached hydrogens (tertiary/aromatic N) is 1. The summed E-state index contributed by atoms with van der Waals surface area (Å²) in [6, 6.07) is 8.76. The van der Waals surface area contributed by atoms with Crippen molar-refractivity contribution in [1.29, 1.82) is 5.26 Å². The first-order valence-corrected chi connectivity index (χ1v) is 8.77. The van der Waals surface area contributed by atoms with Crippen molar-refractivity contribution in [2.24, 2.45) is 5.92 Å². The zero-order valence-electron chi connectivity index (χ0n) is 15.4. The SMILES string of the molecule is CCOc1ccccc1C(=O)NCC(=O)OCC(=O)N[C@](C)(C#N)C1CC1. The maximum absolute atomic E-state index is 12.2. The molecule has 1 aromatic rings. The minimum atomic E-state index is -0.944. The van der Waals surface area contributed by atoms with Gasteiger partial charge in [-0.2, -0.15) is 5.26 Å². The normalized spacial score (nSPS) is 15.0. The number of amides is 2. The monoisotopic (exact) mass is 373 g/mol. The first kappa shape index (κ1) is 20.2. The first-order valence-electron chi connectivity index (χ1n) is 8.77. The second kappa shape index (κ2) is 9.03. The number of rotatable bonds is 9. The van der Waals surface area contributed by atoms with Crippen LogP contribution in [-0.2, 0) is 14.3 Å². The van der Waals surface area contributed by atoms with E-state index in [0.29, 0.717) is 17.9 Å². The number of para-hydroxylation sites is 1. The molecule has 1 atom stereocenters. The van der Waals surface area contributed by atoms with Gasteiger partial charge in [0.05, 0.1) is 18.2 Å². The van der Waals surface area contributed by atoms with Crippen molar-refractivity contribution in [1.82, 2.24) is 10.6 Å². The molecule has 2 amide bonds. The molecule has 0 aromatic heterocycles. The molecule has 1 saturated carbocycles. The van der Waals surface area contributed by atoms with E-state index in [4.69, 9.17) is 9.47 Å². The van der Waals surface area contributed by atoms with Crippen LogP contribution in [0.25, 0.3) is 0 Å². The number of carbonyl (C=O) groups is 3. The lowest BCUT2D eigenvalue weighted by molar-refractivity contribution is -0.147. The predicted octanol–water partition coefficient (Wildman–Crippen LogP) is 1.17. The minimum Gasteiger partial charge on any atom is -0.493 e. The maximum atomic E-state index is 12.2. The Morgan fingerprint density at radius 1 is 1.30 bits per heavy atom. The van der Waals surface area contributed by atoms with Crippen LogP contribution in [0.2, 0.25) is 0 Å². The summed E-state index contributed by atoms with van der Waals surface area (Å²) >= 11 is 0. The van der Waals surface area contributed by atoms with Gasteiger partial charge in [-0.3, -0.25) is 14.4 Å². The van der Waals surface area contributed by atoms with Crippen molar-refractivity contribution in [2.45, 2.75) is 32.2 Å². The van der Waals surface area contributed by atoms with Crippen LogP contribution in [0, 0.1) is 17.2 Å². The highest BCUT2D eigenvalue weighted by Gasteiger charge is 2.43. The summed E-state index contributed by atoms with van der Waals surface area (Å²) in [5.41, 5.74) is -0.639. The van der Waals surface area contributed by atoms with Crippen LogP contribution in [0.1, 0.15) is 37.0 Å². The second-order valence-corrected chi connectivity index (χ2v) is 6.41. The summed E-state index contributed by atoms with van der Waals surface area (Å²) in [5.74, 6) is -1.23. The van der Waals surface area contributed by atoms with Crippen LogP contribution < -0.4 is 15.4 Å². The molecule has 0 spiro atoms. The summed E-state index contributed by atoms with van der Waals surface area (Å²) in [7, 11) is 0. The van der Waals surface area contributed by atoms with Crippen LogP contribution >= 0.6 is 0 Å². The predicted molar refractivity (Wildman–Crippen MR) is 95.8 cm³/mol. The van der Waals surface area contributed by atoms with E-state index in [-0.39, 0.29) is 12.5 Å². The fraction of sp³-hybridized carbons (Fsp3) is 0.474. The van der Waals surface area contributed by atoms with Crippen LogP contribution in [0.5, 0.6) is 5.75 Å². The molecule has 0 radical (unpaired) electrons. The molecule has 8 nitrogen and oxygen atoms in total. The highest BCUT2D eigenvalue weighted by molar-refractivity contribution is 5.98.